The Hall–Kier alpha value is -2.20. The summed E-state index contributed by atoms with van der Waals surface area (Å²) in [7, 11) is 0. The van der Waals surface area contributed by atoms with Gasteiger partial charge in [-0.2, -0.15) is 0 Å². The largest absolute Gasteiger partial charge is 0.396 e. The van der Waals surface area contributed by atoms with Crippen LogP contribution in [-0.4, -0.2) is 28.6 Å². The van der Waals surface area contributed by atoms with Crippen LogP contribution in [0.25, 0.3) is 11.1 Å². The van der Waals surface area contributed by atoms with E-state index < -0.39 is 0 Å². The molecule has 1 atom stereocenters. The van der Waals surface area contributed by atoms with E-state index in [0.717, 1.165) is 11.1 Å². The van der Waals surface area contributed by atoms with E-state index >= 15 is 0 Å². The minimum atomic E-state index is -0.155. The van der Waals surface area contributed by atoms with Crippen molar-refractivity contribution in [3.05, 3.63) is 54.4 Å². The fourth-order valence-electron chi connectivity index (χ4n) is 2.32. The van der Waals surface area contributed by atoms with E-state index in [9.17, 15) is 4.79 Å². The molecular weight excluding hydrogens is 276 g/mol. The van der Waals surface area contributed by atoms with E-state index in [4.69, 9.17) is 5.11 Å². The van der Waals surface area contributed by atoms with E-state index in [1.54, 1.807) is 12.4 Å². The van der Waals surface area contributed by atoms with Gasteiger partial charge in [-0.1, -0.05) is 44.2 Å². The number of rotatable bonds is 6. The van der Waals surface area contributed by atoms with Crippen molar-refractivity contribution in [2.75, 3.05) is 6.61 Å². The van der Waals surface area contributed by atoms with Crippen LogP contribution < -0.4 is 5.32 Å². The number of aromatic nitrogens is 1. The zero-order chi connectivity index (χ0) is 15.9. The lowest BCUT2D eigenvalue weighted by molar-refractivity contribution is 0.0916. The zero-order valence-electron chi connectivity index (χ0n) is 13.0. The summed E-state index contributed by atoms with van der Waals surface area (Å²) in [5.41, 5.74) is 2.47. The molecule has 1 aromatic heterocycles. The first kappa shape index (κ1) is 16.2. The molecule has 2 rings (SSSR count). The summed E-state index contributed by atoms with van der Waals surface area (Å²) >= 11 is 0. The molecule has 1 amide bonds. The molecule has 0 aliphatic carbocycles. The molecule has 4 heteroatoms. The summed E-state index contributed by atoms with van der Waals surface area (Å²) in [5.74, 6) is 0.110. The molecule has 0 aliphatic heterocycles. The summed E-state index contributed by atoms with van der Waals surface area (Å²) in [6.45, 7) is 4.12. The van der Waals surface area contributed by atoms with Crippen LogP contribution in [0.3, 0.4) is 0 Å². The van der Waals surface area contributed by atoms with Gasteiger partial charge in [-0.05, 0) is 24.0 Å². The van der Waals surface area contributed by atoms with Crippen molar-refractivity contribution in [1.82, 2.24) is 10.3 Å². The highest BCUT2D eigenvalue weighted by Gasteiger charge is 2.17. The molecule has 1 aromatic carbocycles. The minimum absolute atomic E-state index is 0.0436. The van der Waals surface area contributed by atoms with E-state index in [-0.39, 0.29) is 24.5 Å². The van der Waals surface area contributed by atoms with Crippen LogP contribution in [0, 0.1) is 5.92 Å². The van der Waals surface area contributed by atoms with Crippen molar-refractivity contribution in [1.29, 1.82) is 0 Å². The van der Waals surface area contributed by atoms with Crippen molar-refractivity contribution in [2.24, 2.45) is 5.92 Å². The number of hydrogen-bond acceptors (Lipinski definition) is 3. The third kappa shape index (κ3) is 4.15. The summed E-state index contributed by atoms with van der Waals surface area (Å²) in [4.78, 5) is 16.6. The minimum Gasteiger partial charge on any atom is -0.396 e. The molecule has 1 unspecified atom stereocenters. The van der Waals surface area contributed by atoms with E-state index in [2.05, 4.69) is 10.3 Å². The number of benzene rings is 1. The molecular formula is C18H22N2O2. The van der Waals surface area contributed by atoms with Crippen LogP contribution in [0.15, 0.2) is 48.8 Å². The number of hydrogen-bond donors (Lipinski definition) is 2. The van der Waals surface area contributed by atoms with Gasteiger partial charge in [-0.15, -0.1) is 0 Å². The number of pyridine rings is 1. The van der Waals surface area contributed by atoms with Gasteiger partial charge >= 0.3 is 0 Å². The predicted molar refractivity (Wildman–Crippen MR) is 87.5 cm³/mol. The SMILES string of the molecule is CC(C)C(CCO)NC(=O)c1cncc(-c2ccccc2)c1. The zero-order valence-corrected chi connectivity index (χ0v) is 13.0. The number of nitrogens with one attached hydrogen (secondary N) is 1. The molecule has 0 saturated heterocycles. The summed E-state index contributed by atoms with van der Waals surface area (Å²) < 4.78 is 0. The second kappa shape index (κ2) is 7.71. The Bertz CT molecular complexity index is 611. The monoisotopic (exact) mass is 298 g/mol. The smallest absolute Gasteiger partial charge is 0.253 e. The maximum Gasteiger partial charge on any atom is 0.253 e. The van der Waals surface area contributed by atoms with Gasteiger partial charge in [0.2, 0.25) is 0 Å². The maximum atomic E-state index is 12.4. The van der Waals surface area contributed by atoms with Gasteiger partial charge in [0.25, 0.3) is 5.91 Å². The second-order valence-electron chi connectivity index (χ2n) is 5.66. The Morgan fingerprint density at radius 1 is 1.18 bits per heavy atom. The molecule has 2 N–H and O–H groups in total. The molecule has 4 nitrogen and oxygen atoms in total. The fraction of sp³-hybridized carbons (Fsp3) is 0.333. The molecule has 1 heterocycles. The number of aliphatic hydroxyl groups is 1. The molecule has 0 aliphatic rings. The quantitative estimate of drug-likeness (QED) is 0.862. The molecule has 22 heavy (non-hydrogen) atoms. The van der Waals surface area contributed by atoms with Crippen LogP contribution in [-0.2, 0) is 0 Å². The average Bonchev–Trinajstić information content (AvgIpc) is 2.55. The van der Waals surface area contributed by atoms with Gasteiger partial charge in [0.05, 0.1) is 5.56 Å². The molecule has 2 aromatic rings. The van der Waals surface area contributed by atoms with Crippen molar-refractivity contribution < 1.29 is 9.90 Å². The van der Waals surface area contributed by atoms with Crippen molar-refractivity contribution in [3.63, 3.8) is 0 Å². The normalized spacial score (nSPS) is 12.2. The van der Waals surface area contributed by atoms with E-state index in [1.165, 1.54) is 0 Å². The Kier molecular flexibility index (Phi) is 5.67. The van der Waals surface area contributed by atoms with Gasteiger partial charge in [0.1, 0.15) is 0 Å². The van der Waals surface area contributed by atoms with Crippen LogP contribution in [0.4, 0.5) is 0 Å². The first-order valence-corrected chi connectivity index (χ1v) is 7.54. The third-order valence-corrected chi connectivity index (χ3v) is 3.67. The van der Waals surface area contributed by atoms with Crippen molar-refractivity contribution in [3.8, 4) is 11.1 Å². The lowest BCUT2D eigenvalue weighted by atomic mass is 10.0. The summed E-state index contributed by atoms with van der Waals surface area (Å²) in [6, 6.07) is 11.6. The first-order valence-electron chi connectivity index (χ1n) is 7.54. The van der Waals surface area contributed by atoms with Crippen LogP contribution in [0.1, 0.15) is 30.6 Å². The maximum absolute atomic E-state index is 12.4. The summed E-state index contributed by atoms with van der Waals surface area (Å²) in [5, 5.41) is 12.1. The second-order valence-corrected chi connectivity index (χ2v) is 5.66. The Morgan fingerprint density at radius 2 is 1.91 bits per heavy atom. The molecule has 0 saturated carbocycles. The molecule has 0 fully saturated rings. The van der Waals surface area contributed by atoms with Gasteiger partial charge in [-0.25, -0.2) is 0 Å². The Balaban J connectivity index is 2.17. The standard InChI is InChI=1S/C18H22N2O2/c1-13(2)17(8-9-21)20-18(22)16-10-15(11-19-12-16)14-6-4-3-5-7-14/h3-7,10-13,17,21H,8-9H2,1-2H3,(H,20,22). The molecule has 116 valence electrons. The molecule has 0 radical (unpaired) electrons. The predicted octanol–water partition coefficient (Wildman–Crippen LogP) is 2.89. The topological polar surface area (TPSA) is 62.2 Å². The first-order chi connectivity index (χ1) is 10.6. The number of carbonyl (C=O) groups is 1. The molecule has 0 bridgehead atoms. The summed E-state index contributed by atoms with van der Waals surface area (Å²) in [6.07, 6.45) is 3.87. The van der Waals surface area contributed by atoms with E-state index in [1.807, 2.05) is 50.2 Å². The van der Waals surface area contributed by atoms with Crippen LogP contribution >= 0.6 is 0 Å². The highest BCUT2D eigenvalue weighted by atomic mass is 16.3. The highest BCUT2D eigenvalue weighted by molar-refractivity contribution is 5.95. The van der Waals surface area contributed by atoms with Crippen molar-refractivity contribution >= 4 is 5.91 Å². The van der Waals surface area contributed by atoms with Gasteiger partial charge < -0.3 is 10.4 Å². The van der Waals surface area contributed by atoms with E-state index in [0.29, 0.717) is 12.0 Å². The van der Waals surface area contributed by atoms with Crippen LogP contribution in [0.5, 0.6) is 0 Å². The van der Waals surface area contributed by atoms with Gasteiger partial charge in [-0.3, -0.25) is 9.78 Å². The molecule has 0 spiro atoms. The third-order valence-electron chi connectivity index (χ3n) is 3.67. The van der Waals surface area contributed by atoms with Crippen LogP contribution in [0.2, 0.25) is 0 Å². The fourth-order valence-corrected chi connectivity index (χ4v) is 2.32. The van der Waals surface area contributed by atoms with Gasteiger partial charge in [0.15, 0.2) is 0 Å². The lowest BCUT2D eigenvalue weighted by Gasteiger charge is -2.21. The highest BCUT2D eigenvalue weighted by Crippen LogP contribution is 2.19. The van der Waals surface area contributed by atoms with Crippen molar-refractivity contribution in [2.45, 2.75) is 26.3 Å². The van der Waals surface area contributed by atoms with Gasteiger partial charge in [0, 0.05) is 30.6 Å². The average molecular weight is 298 g/mol. The Labute approximate surface area is 131 Å². The lowest BCUT2D eigenvalue weighted by Crippen LogP contribution is -2.39. The number of aliphatic hydroxyl groups excluding tert-OH is 1. The number of amides is 1. The Morgan fingerprint density at radius 3 is 2.55 bits per heavy atom. The number of nitrogens with zero attached hydrogens (tertiary/aromatic N) is 1. The number of carbonyl (C=O) groups excluding carboxylic acids is 1.